The summed E-state index contributed by atoms with van der Waals surface area (Å²) in [6.45, 7) is 5.09. The van der Waals surface area contributed by atoms with Crippen molar-refractivity contribution in [1.29, 1.82) is 0 Å². The van der Waals surface area contributed by atoms with Gasteiger partial charge in [0, 0.05) is 57.5 Å². The van der Waals surface area contributed by atoms with Crippen LogP contribution in [0.2, 0.25) is 0 Å². The summed E-state index contributed by atoms with van der Waals surface area (Å²) in [6.07, 6.45) is 4.08. The van der Waals surface area contributed by atoms with Crippen molar-refractivity contribution in [3.8, 4) is 0 Å². The van der Waals surface area contributed by atoms with Gasteiger partial charge >= 0.3 is 0 Å². The number of nitrogens with one attached hydrogen (secondary N) is 1. The van der Waals surface area contributed by atoms with Crippen molar-refractivity contribution in [2.45, 2.75) is 19.0 Å². The number of hydrogen-bond donors (Lipinski definition) is 1. The second-order valence-corrected chi connectivity index (χ2v) is 5.43. The van der Waals surface area contributed by atoms with Gasteiger partial charge in [0.2, 0.25) is 0 Å². The highest BCUT2D eigenvalue weighted by molar-refractivity contribution is 5.86. The summed E-state index contributed by atoms with van der Waals surface area (Å²) < 4.78 is 0. The zero-order valence-electron chi connectivity index (χ0n) is 12.0. The fourth-order valence-corrected chi connectivity index (χ4v) is 2.73. The highest BCUT2D eigenvalue weighted by atomic mass is 15.3. The maximum Gasteiger partial charge on any atom is 0.151 e. The molecule has 6 heteroatoms. The van der Waals surface area contributed by atoms with Crippen molar-refractivity contribution in [3.63, 3.8) is 0 Å². The van der Waals surface area contributed by atoms with Gasteiger partial charge in [0.05, 0.1) is 0 Å². The standard InChI is InChI=1S/C14H22N6/c1-19-10-7-15-11-14(19)17-12-4-8-20(9-5-12)13-3-2-6-16-18-13/h2-3,6,14-15H,4-5,7-11H2,1H3. The summed E-state index contributed by atoms with van der Waals surface area (Å²) >= 11 is 0. The first-order valence-electron chi connectivity index (χ1n) is 7.32. The predicted molar refractivity (Wildman–Crippen MR) is 80.2 cm³/mol. The number of aliphatic imine (C=N–C) groups is 1. The number of likely N-dealkylation sites (N-methyl/N-ethyl adjacent to an activating group) is 1. The molecule has 6 nitrogen and oxygen atoms in total. The van der Waals surface area contributed by atoms with E-state index in [1.54, 1.807) is 6.20 Å². The van der Waals surface area contributed by atoms with Crippen LogP contribution in [0.3, 0.4) is 0 Å². The first-order valence-corrected chi connectivity index (χ1v) is 7.32. The summed E-state index contributed by atoms with van der Waals surface area (Å²) in [4.78, 5) is 9.54. The molecule has 3 heterocycles. The lowest BCUT2D eigenvalue weighted by molar-refractivity contribution is 0.206. The van der Waals surface area contributed by atoms with E-state index in [-0.39, 0.29) is 0 Å². The maximum absolute atomic E-state index is 4.92. The van der Waals surface area contributed by atoms with Crippen LogP contribution in [-0.4, -0.2) is 66.7 Å². The minimum absolute atomic E-state index is 0.307. The highest BCUT2D eigenvalue weighted by Crippen LogP contribution is 2.16. The molecule has 1 aromatic heterocycles. The smallest absolute Gasteiger partial charge is 0.151 e. The topological polar surface area (TPSA) is 56.6 Å². The van der Waals surface area contributed by atoms with Gasteiger partial charge in [0.15, 0.2) is 5.82 Å². The number of nitrogens with zero attached hydrogens (tertiary/aromatic N) is 5. The Hall–Kier alpha value is -1.53. The summed E-state index contributed by atoms with van der Waals surface area (Å²) in [7, 11) is 2.16. The maximum atomic E-state index is 4.92. The van der Waals surface area contributed by atoms with E-state index in [0.29, 0.717) is 6.17 Å². The Balaban J connectivity index is 1.58. The highest BCUT2D eigenvalue weighted by Gasteiger charge is 2.21. The zero-order chi connectivity index (χ0) is 13.8. The molecule has 0 aliphatic carbocycles. The van der Waals surface area contributed by atoms with Crippen LogP contribution in [0.25, 0.3) is 0 Å². The van der Waals surface area contributed by atoms with Gasteiger partial charge in [0.1, 0.15) is 6.17 Å². The third-order valence-corrected chi connectivity index (χ3v) is 4.03. The second kappa shape index (κ2) is 6.28. The van der Waals surface area contributed by atoms with E-state index in [1.807, 2.05) is 12.1 Å². The summed E-state index contributed by atoms with van der Waals surface area (Å²) in [5.41, 5.74) is 1.34. The fraction of sp³-hybridized carbons (Fsp3) is 0.643. The lowest BCUT2D eigenvalue weighted by Crippen LogP contribution is -2.49. The largest absolute Gasteiger partial charge is 0.354 e. The van der Waals surface area contributed by atoms with Gasteiger partial charge in [-0.1, -0.05) is 0 Å². The predicted octanol–water partition coefficient (Wildman–Crippen LogP) is 0.379. The average molecular weight is 274 g/mol. The van der Waals surface area contributed by atoms with Crippen molar-refractivity contribution < 1.29 is 0 Å². The minimum Gasteiger partial charge on any atom is -0.354 e. The van der Waals surface area contributed by atoms with E-state index < -0.39 is 0 Å². The van der Waals surface area contributed by atoms with Crippen LogP contribution in [0.4, 0.5) is 5.82 Å². The third kappa shape index (κ3) is 3.13. The SMILES string of the molecule is CN1CCNCC1N=C1CCN(c2cccnn2)CC1. The van der Waals surface area contributed by atoms with E-state index in [9.17, 15) is 0 Å². The van der Waals surface area contributed by atoms with E-state index >= 15 is 0 Å². The molecule has 3 rings (SSSR count). The van der Waals surface area contributed by atoms with Gasteiger partial charge in [-0.25, -0.2) is 0 Å². The van der Waals surface area contributed by atoms with Crippen LogP contribution in [0.1, 0.15) is 12.8 Å². The second-order valence-electron chi connectivity index (χ2n) is 5.43. The lowest BCUT2D eigenvalue weighted by atomic mass is 10.1. The Morgan fingerprint density at radius 1 is 1.30 bits per heavy atom. The number of rotatable bonds is 2. The van der Waals surface area contributed by atoms with Gasteiger partial charge in [-0.05, 0) is 19.2 Å². The Morgan fingerprint density at radius 3 is 2.85 bits per heavy atom. The third-order valence-electron chi connectivity index (χ3n) is 4.03. The molecule has 20 heavy (non-hydrogen) atoms. The number of aromatic nitrogens is 2. The van der Waals surface area contributed by atoms with Gasteiger partial charge < -0.3 is 10.2 Å². The van der Waals surface area contributed by atoms with Crippen LogP contribution in [0.15, 0.2) is 23.3 Å². The summed E-state index contributed by atoms with van der Waals surface area (Å²) in [5.74, 6) is 0.975. The molecule has 1 atom stereocenters. The molecule has 1 N–H and O–H groups in total. The molecular weight excluding hydrogens is 252 g/mol. The van der Waals surface area contributed by atoms with Gasteiger partial charge in [-0.3, -0.25) is 9.89 Å². The molecule has 0 spiro atoms. The number of piperazine rings is 1. The van der Waals surface area contributed by atoms with Crippen LogP contribution in [0.5, 0.6) is 0 Å². The molecular formula is C14H22N6. The zero-order valence-corrected chi connectivity index (χ0v) is 12.0. The Bertz CT molecular complexity index is 450. The molecule has 2 fully saturated rings. The van der Waals surface area contributed by atoms with Gasteiger partial charge in [0.25, 0.3) is 0 Å². The molecule has 1 unspecified atom stereocenters. The molecule has 0 amide bonds. The minimum atomic E-state index is 0.307. The molecule has 108 valence electrons. The Labute approximate surface area is 119 Å². The van der Waals surface area contributed by atoms with Gasteiger partial charge in [-0.2, -0.15) is 5.10 Å². The molecule has 1 aromatic rings. The lowest BCUT2D eigenvalue weighted by Gasteiger charge is -2.33. The van der Waals surface area contributed by atoms with Crippen LogP contribution < -0.4 is 10.2 Å². The first-order chi connectivity index (χ1) is 9.83. The van der Waals surface area contributed by atoms with Crippen molar-refractivity contribution in [2.24, 2.45) is 4.99 Å². The summed E-state index contributed by atoms with van der Waals surface area (Å²) in [5, 5.41) is 11.5. The number of hydrogen-bond acceptors (Lipinski definition) is 6. The van der Waals surface area contributed by atoms with Crippen molar-refractivity contribution >= 4 is 11.5 Å². The molecule has 2 aliphatic rings. The molecule has 2 saturated heterocycles. The van der Waals surface area contributed by atoms with Crippen LogP contribution in [-0.2, 0) is 0 Å². The van der Waals surface area contributed by atoms with E-state index in [2.05, 4.69) is 32.4 Å². The Morgan fingerprint density at radius 2 is 2.15 bits per heavy atom. The van der Waals surface area contributed by atoms with E-state index in [4.69, 9.17) is 4.99 Å². The molecule has 0 bridgehead atoms. The van der Waals surface area contributed by atoms with Crippen LogP contribution in [0, 0.1) is 0 Å². The van der Waals surface area contributed by atoms with Crippen LogP contribution >= 0.6 is 0 Å². The van der Waals surface area contributed by atoms with Crippen molar-refractivity contribution in [1.82, 2.24) is 20.4 Å². The average Bonchev–Trinajstić information content (AvgIpc) is 2.51. The van der Waals surface area contributed by atoms with Gasteiger partial charge in [-0.15, -0.1) is 5.10 Å². The van der Waals surface area contributed by atoms with Crippen molar-refractivity contribution in [3.05, 3.63) is 18.3 Å². The quantitative estimate of drug-likeness (QED) is 0.845. The first kappa shape index (κ1) is 13.5. The number of piperidine rings is 1. The molecule has 0 radical (unpaired) electrons. The monoisotopic (exact) mass is 274 g/mol. The normalized spacial score (nSPS) is 24.8. The number of anilines is 1. The molecule has 2 aliphatic heterocycles. The van der Waals surface area contributed by atoms with E-state index in [1.165, 1.54) is 5.71 Å². The fourth-order valence-electron chi connectivity index (χ4n) is 2.73. The Kier molecular flexibility index (Phi) is 4.22. The van der Waals surface area contributed by atoms with E-state index in [0.717, 1.165) is 51.4 Å². The molecule has 0 saturated carbocycles. The molecule has 0 aromatic carbocycles. The van der Waals surface area contributed by atoms with Crippen molar-refractivity contribution in [2.75, 3.05) is 44.7 Å². The summed E-state index contributed by atoms with van der Waals surface area (Å²) in [6, 6.07) is 3.96.